The van der Waals surface area contributed by atoms with Crippen molar-refractivity contribution < 1.29 is 23.7 Å². The average molecular weight is 429 g/mol. The first-order valence-electron chi connectivity index (χ1n) is 9.76. The lowest BCUT2D eigenvalue weighted by Gasteiger charge is -2.32. The molecular formula is C21H29ClO5S. The van der Waals surface area contributed by atoms with Gasteiger partial charge in [-0.1, -0.05) is 17.7 Å². The zero-order valence-corrected chi connectivity index (χ0v) is 18.8. The number of thiophene rings is 1. The number of halogens is 1. The molecule has 1 saturated heterocycles. The van der Waals surface area contributed by atoms with Crippen LogP contribution in [0.25, 0.3) is 5.57 Å². The number of carbonyl (C=O) groups is 1. The molecule has 1 aliphatic heterocycles. The number of carbonyl (C=O) groups excluding carboxylic acids is 1. The molecule has 2 heterocycles. The van der Waals surface area contributed by atoms with Crippen molar-refractivity contribution in [2.24, 2.45) is 0 Å². The smallest absolute Gasteiger partial charge is 0.340 e. The lowest BCUT2D eigenvalue weighted by Crippen LogP contribution is -2.32. The highest BCUT2D eigenvalue weighted by atomic mass is 35.5. The Balaban J connectivity index is 1.99. The molecule has 7 heteroatoms. The molecule has 5 nitrogen and oxygen atoms in total. The van der Waals surface area contributed by atoms with Gasteiger partial charge in [-0.3, -0.25) is 0 Å². The minimum Gasteiger partial charge on any atom is -0.464 e. The molecule has 1 aromatic rings. The summed E-state index contributed by atoms with van der Waals surface area (Å²) < 4.78 is 23.8. The van der Waals surface area contributed by atoms with Crippen molar-refractivity contribution in [3.8, 4) is 0 Å². The van der Waals surface area contributed by atoms with Gasteiger partial charge in [0.1, 0.15) is 4.34 Å². The topological polar surface area (TPSA) is 54.0 Å². The SMILES string of the molecule is CCOC(=O)C(OC(C)(C)C)c1c(C)sc(Cl)c1C1=CCC2(CC1)OCCO2. The molecule has 0 amide bonds. The van der Waals surface area contributed by atoms with E-state index in [1.165, 1.54) is 11.3 Å². The van der Waals surface area contributed by atoms with Gasteiger partial charge in [0, 0.05) is 28.8 Å². The van der Waals surface area contributed by atoms with Crippen LogP contribution in [0.4, 0.5) is 0 Å². The van der Waals surface area contributed by atoms with Gasteiger partial charge in [-0.25, -0.2) is 4.79 Å². The van der Waals surface area contributed by atoms with Crippen LogP contribution in [0.1, 0.15) is 69.1 Å². The summed E-state index contributed by atoms with van der Waals surface area (Å²) in [5.74, 6) is -0.879. The van der Waals surface area contributed by atoms with Gasteiger partial charge in [0.25, 0.3) is 0 Å². The standard InChI is InChI=1S/C21H29ClO5S/c1-6-24-19(23)17(27-20(3,4)5)15-13(2)28-18(22)16(15)14-7-9-21(10-8-14)25-11-12-26-21/h7,17H,6,8-12H2,1-5H3. The summed E-state index contributed by atoms with van der Waals surface area (Å²) in [7, 11) is 0. The van der Waals surface area contributed by atoms with E-state index in [4.69, 9.17) is 30.5 Å². The van der Waals surface area contributed by atoms with Crippen LogP contribution in [0, 0.1) is 6.92 Å². The van der Waals surface area contributed by atoms with Gasteiger partial charge in [0.05, 0.1) is 25.4 Å². The second-order valence-corrected chi connectivity index (χ2v) is 9.95. The maximum absolute atomic E-state index is 12.8. The third kappa shape index (κ3) is 4.62. The number of rotatable bonds is 5. The molecule has 0 saturated carbocycles. The fourth-order valence-electron chi connectivity index (χ4n) is 3.73. The number of allylic oxidation sites excluding steroid dienone is 1. The fourth-order valence-corrected chi connectivity index (χ4v) is 5.23. The van der Waals surface area contributed by atoms with Crippen LogP contribution in [0.5, 0.6) is 0 Å². The molecule has 1 unspecified atom stereocenters. The Kier molecular flexibility index (Phi) is 6.57. The largest absolute Gasteiger partial charge is 0.464 e. The highest BCUT2D eigenvalue weighted by Crippen LogP contribution is 2.47. The van der Waals surface area contributed by atoms with Crippen molar-refractivity contribution in [2.75, 3.05) is 19.8 Å². The molecule has 1 aromatic heterocycles. The predicted octanol–water partition coefficient (Wildman–Crippen LogP) is 5.44. The monoisotopic (exact) mass is 428 g/mol. The van der Waals surface area contributed by atoms with Crippen molar-refractivity contribution >= 4 is 34.5 Å². The number of aryl methyl sites for hydroxylation is 1. The van der Waals surface area contributed by atoms with E-state index in [1.54, 1.807) is 6.92 Å². The van der Waals surface area contributed by atoms with Crippen molar-refractivity contribution in [3.63, 3.8) is 0 Å². The summed E-state index contributed by atoms with van der Waals surface area (Å²) in [6.45, 7) is 11.1. The third-order valence-corrected chi connectivity index (χ3v) is 6.22. The average Bonchev–Trinajstić information content (AvgIpc) is 3.17. The van der Waals surface area contributed by atoms with Crippen LogP contribution in [0.2, 0.25) is 4.34 Å². The van der Waals surface area contributed by atoms with Crippen LogP contribution >= 0.6 is 22.9 Å². The van der Waals surface area contributed by atoms with E-state index < -0.39 is 17.5 Å². The summed E-state index contributed by atoms with van der Waals surface area (Å²) in [6, 6.07) is 0. The molecular weight excluding hydrogens is 400 g/mol. The number of hydrogen-bond acceptors (Lipinski definition) is 6. The summed E-state index contributed by atoms with van der Waals surface area (Å²) in [4.78, 5) is 13.7. The summed E-state index contributed by atoms with van der Waals surface area (Å²) in [5, 5.41) is 0. The molecule has 0 N–H and O–H groups in total. The highest BCUT2D eigenvalue weighted by Gasteiger charge is 2.40. The third-order valence-electron chi connectivity index (χ3n) is 4.89. The Morgan fingerprint density at radius 3 is 2.57 bits per heavy atom. The molecule has 2 aliphatic rings. The second-order valence-electron chi connectivity index (χ2n) is 8.12. The van der Waals surface area contributed by atoms with E-state index >= 15 is 0 Å². The molecule has 1 fully saturated rings. The predicted molar refractivity (Wildman–Crippen MR) is 111 cm³/mol. The minimum atomic E-state index is -0.811. The Hall–Kier alpha value is -0.920. The normalized spacial score (nSPS) is 20.3. The Morgan fingerprint density at radius 2 is 2.04 bits per heavy atom. The van der Waals surface area contributed by atoms with Crippen molar-refractivity contribution in [1.29, 1.82) is 0 Å². The quantitative estimate of drug-likeness (QED) is 0.584. The van der Waals surface area contributed by atoms with E-state index in [9.17, 15) is 4.79 Å². The van der Waals surface area contributed by atoms with Gasteiger partial charge in [0.15, 0.2) is 11.9 Å². The molecule has 156 valence electrons. The first-order chi connectivity index (χ1) is 13.2. The summed E-state index contributed by atoms with van der Waals surface area (Å²) in [5.41, 5.74) is 2.32. The lowest BCUT2D eigenvalue weighted by atomic mass is 9.87. The van der Waals surface area contributed by atoms with E-state index in [1.807, 2.05) is 27.7 Å². The molecule has 0 bridgehead atoms. The Morgan fingerprint density at radius 1 is 1.36 bits per heavy atom. The first kappa shape index (κ1) is 21.8. The molecule has 0 radical (unpaired) electrons. The Labute approximate surface area is 175 Å². The molecule has 1 atom stereocenters. The van der Waals surface area contributed by atoms with Gasteiger partial charge < -0.3 is 18.9 Å². The van der Waals surface area contributed by atoms with Gasteiger partial charge in [-0.2, -0.15) is 0 Å². The van der Waals surface area contributed by atoms with Gasteiger partial charge in [-0.15, -0.1) is 11.3 Å². The highest BCUT2D eigenvalue weighted by molar-refractivity contribution is 7.16. The van der Waals surface area contributed by atoms with Crippen molar-refractivity contribution in [1.82, 2.24) is 0 Å². The lowest BCUT2D eigenvalue weighted by molar-refractivity contribution is -0.167. The maximum atomic E-state index is 12.8. The second kappa shape index (κ2) is 8.44. The van der Waals surface area contributed by atoms with Gasteiger partial charge in [-0.05, 0) is 46.6 Å². The number of hydrogen-bond donors (Lipinski definition) is 0. The van der Waals surface area contributed by atoms with E-state index in [-0.39, 0.29) is 5.97 Å². The van der Waals surface area contributed by atoms with E-state index in [0.717, 1.165) is 34.4 Å². The zero-order valence-electron chi connectivity index (χ0n) is 17.2. The zero-order chi connectivity index (χ0) is 20.5. The first-order valence-corrected chi connectivity index (χ1v) is 11.0. The van der Waals surface area contributed by atoms with Crippen LogP contribution in [-0.4, -0.2) is 37.2 Å². The van der Waals surface area contributed by atoms with Crippen LogP contribution < -0.4 is 0 Å². The van der Waals surface area contributed by atoms with Gasteiger partial charge >= 0.3 is 5.97 Å². The Bertz CT molecular complexity index is 756. The van der Waals surface area contributed by atoms with Crippen molar-refractivity contribution in [3.05, 3.63) is 26.4 Å². The molecule has 1 aliphatic carbocycles. The molecule has 28 heavy (non-hydrogen) atoms. The fraction of sp³-hybridized carbons (Fsp3) is 0.667. The minimum absolute atomic E-state index is 0.301. The van der Waals surface area contributed by atoms with E-state index in [2.05, 4.69) is 6.08 Å². The van der Waals surface area contributed by atoms with E-state index in [0.29, 0.717) is 30.6 Å². The van der Waals surface area contributed by atoms with Gasteiger partial charge in [0.2, 0.25) is 0 Å². The number of esters is 1. The summed E-state index contributed by atoms with van der Waals surface area (Å²) >= 11 is 8.12. The summed E-state index contributed by atoms with van der Waals surface area (Å²) in [6.07, 6.45) is 3.54. The van der Waals surface area contributed by atoms with Crippen LogP contribution in [-0.2, 0) is 23.7 Å². The van der Waals surface area contributed by atoms with Crippen molar-refractivity contribution in [2.45, 2.75) is 71.4 Å². The molecule has 3 rings (SSSR count). The molecule has 0 aromatic carbocycles. The van der Waals surface area contributed by atoms with Crippen LogP contribution in [0.15, 0.2) is 6.08 Å². The molecule has 1 spiro atoms. The number of ether oxygens (including phenoxy) is 4. The van der Waals surface area contributed by atoms with Crippen LogP contribution in [0.3, 0.4) is 0 Å². The maximum Gasteiger partial charge on any atom is 0.340 e.